The number of rotatable bonds is 4. The van der Waals surface area contributed by atoms with Gasteiger partial charge in [0, 0.05) is 0 Å². The van der Waals surface area contributed by atoms with Crippen LogP contribution in [0.25, 0.3) is 0 Å². The smallest absolute Gasteiger partial charge is 0.122 e. The number of nitrogens with one attached hydrogen (secondary N) is 1. The molecule has 3 N–H and O–H groups in total. The van der Waals surface area contributed by atoms with Gasteiger partial charge in [0.25, 0.3) is 0 Å². The largest absolute Gasteiger partial charge is 0.493 e. The Kier molecular flexibility index (Phi) is 4.52. The Hall–Kier alpha value is -1.14. The fourth-order valence-electron chi connectivity index (χ4n) is 3.03. The molecule has 0 amide bonds. The maximum absolute atomic E-state index is 5.76. The summed E-state index contributed by atoms with van der Waals surface area (Å²) in [7, 11) is 0. The van der Waals surface area contributed by atoms with Gasteiger partial charge in [-0.05, 0) is 30.4 Å². The van der Waals surface area contributed by atoms with Crippen LogP contribution >= 0.6 is 0 Å². The van der Waals surface area contributed by atoms with Gasteiger partial charge in [0.05, 0.1) is 38.6 Å². The number of hydrazine groups is 1. The summed E-state index contributed by atoms with van der Waals surface area (Å²) in [5, 5.41) is 0. The SMILES string of the molecule is NNC(CC1CCOc2ccccc21)C1COCCO1. The Morgan fingerprint density at radius 3 is 2.95 bits per heavy atom. The number of para-hydroxylation sites is 1. The Morgan fingerprint density at radius 1 is 1.25 bits per heavy atom. The molecular weight excluding hydrogens is 256 g/mol. The zero-order valence-corrected chi connectivity index (χ0v) is 11.6. The van der Waals surface area contributed by atoms with E-state index in [-0.39, 0.29) is 12.1 Å². The number of hydrogen-bond donors (Lipinski definition) is 2. The van der Waals surface area contributed by atoms with Gasteiger partial charge >= 0.3 is 0 Å². The normalized spacial score (nSPS) is 27.4. The van der Waals surface area contributed by atoms with Crippen molar-refractivity contribution in [1.29, 1.82) is 0 Å². The highest BCUT2D eigenvalue weighted by atomic mass is 16.6. The van der Waals surface area contributed by atoms with Gasteiger partial charge in [-0.25, -0.2) is 0 Å². The Bertz CT molecular complexity index is 435. The maximum atomic E-state index is 5.76. The van der Waals surface area contributed by atoms with E-state index in [9.17, 15) is 0 Å². The molecule has 1 fully saturated rings. The van der Waals surface area contributed by atoms with Crippen LogP contribution < -0.4 is 16.0 Å². The Balaban J connectivity index is 1.70. The summed E-state index contributed by atoms with van der Waals surface area (Å²) in [4.78, 5) is 0. The minimum atomic E-state index is 0.0313. The van der Waals surface area contributed by atoms with E-state index >= 15 is 0 Å². The van der Waals surface area contributed by atoms with Crippen LogP contribution in [0.2, 0.25) is 0 Å². The van der Waals surface area contributed by atoms with E-state index in [1.54, 1.807) is 0 Å². The minimum Gasteiger partial charge on any atom is -0.493 e. The summed E-state index contributed by atoms with van der Waals surface area (Å²) in [5.41, 5.74) is 4.18. The topological polar surface area (TPSA) is 65.7 Å². The molecule has 0 bridgehead atoms. The van der Waals surface area contributed by atoms with Gasteiger partial charge in [-0.2, -0.15) is 0 Å². The molecule has 0 saturated carbocycles. The van der Waals surface area contributed by atoms with Crippen molar-refractivity contribution in [1.82, 2.24) is 5.43 Å². The number of hydrogen-bond acceptors (Lipinski definition) is 5. The van der Waals surface area contributed by atoms with Crippen LogP contribution in [-0.2, 0) is 9.47 Å². The van der Waals surface area contributed by atoms with Crippen molar-refractivity contribution in [2.24, 2.45) is 5.84 Å². The second-order valence-corrected chi connectivity index (χ2v) is 5.36. The molecule has 1 aromatic carbocycles. The predicted octanol–water partition coefficient (Wildman–Crippen LogP) is 1.19. The fraction of sp³-hybridized carbons (Fsp3) is 0.600. The summed E-state index contributed by atoms with van der Waals surface area (Å²) in [5.74, 6) is 7.17. The molecule has 3 unspecified atom stereocenters. The molecule has 3 atom stereocenters. The first-order valence-corrected chi connectivity index (χ1v) is 7.25. The summed E-state index contributed by atoms with van der Waals surface area (Å²) >= 11 is 0. The second-order valence-electron chi connectivity index (χ2n) is 5.36. The van der Waals surface area contributed by atoms with Crippen molar-refractivity contribution in [3.05, 3.63) is 29.8 Å². The molecule has 5 nitrogen and oxygen atoms in total. The molecule has 0 radical (unpaired) electrons. The van der Waals surface area contributed by atoms with Crippen molar-refractivity contribution in [3.63, 3.8) is 0 Å². The second kappa shape index (κ2) is 6.54. The Labute approximate surface area is 119 Å². The van der Waals surface area contributed by atoms with Gasteiger partial charge in [-0.15, -0.1) is 0 Å². The van der Waals surface area contributed by atoms with Gasteiger partial charge in [-0.1, -0.05) is 18.2 Å². The predicted molar refractivity (Wildman–Crippen MR) is 75.6 cm³/mol. The van der Waals surface area contributed by atoms with Gasteiger partial charge in [0.2, 0.25) is 0 Å². The lowest BCUT2D eigenvalue weighted by Crippen LogP contribution is -2.50. The summed E-state index contributed by atoms with van der Waals surface area (Å²) in [6.07, 6.45) is 1.98. The van der Waals surface area contributed by atoms with Crippen LogP contribution in [0.3, 0.4) is 0 Å². The van der Waals surface area contributed by atoms with Crippen LogP contribution in [0.5, 0.6) is 5.75 Å². The first-order valence-electron chi connectivity index (χ1n) is 7.25. The minimum absolute atomic E-state index is 0.0313. The molecule has 20 heavy (non-hydrogen) atoms. The fourth-order valence-corrected chi connectivity index (χ4v) is 3.03. The van der Waals surface area contributed by atoms with E-state index in [1.807, 2.05) is 12.1 Å². The molecule has 2 aliphatic heterocycles. The van der Waals surface area contributed by atoms with Gasteiger partial charge in [0.15, 0.2) is 0 Å². The van der Waals surface area contributed by atoms with Crippen LogP contribution in [0.4, 0.5) is 0 Å². The molecule has 2 aliphatic rings. The number of fused-ring (bicyclic) bond motifs is 1. The highest BCUT2D eigenvalue weighted by molar-refractivity contribution is 5.37. The zero-order valence-electron chi connectivity index (χ0n) is 11.6. The van der Waals surface area contributed by atoms with Gasteiger partial charge < -0.3 is 14.2 Å². The standard InChI is InChI=1S/C15H22N2O3/c16-17-13(15-10-18-7-8-20-15)9-11-5-6-19-14-4-2-1-3-12(11)14/h1-4,11,13,15,17H,5-10,16H2. The maximum Gasteiger partial charge on any atom is 0.122 e. The van der Waals surface area contributed by atoms with Crippen molar-refractivity contribution < 1.29 is 14.2 Å². The van der Waals surface area contributed by atoms with E-state index in [0.29, 0.717) is 25.7 Å². The molecule has 5 heteroatoms. The third-order valence-corrected chi connectivity index (χ3v) is 4.13. The number of benzene rings is 1. The monoisotopic (exact) mass is 278 g/mol. The number of nitrogens with two attached hydrogens (primary N) is 1. The molecule has 2 heterocycles. The summed E-state index contributed by atoms with van der Waals surface area (Å²) < 4.78 is 16.9. The number of ether oxygens (including phenoxy) is 3. The first kappa shape index (κ1) is 13.8. The summed E-state index contributed by atoms with van der Waals surface area (Å²) in [6, 6.07) is 8.35. The third kappa shape index (κ3) is 2.96. The molecule has 110 valence electrons. The summed E-state index contributed by atoms with van der Waals surface area (Å²) in [6.45, 7) is 2.70. The lowest BCUT2D eigenvalue weighted by molar-refractivity contribution is -0.103. The van der Waals surface area contributed by atoms with E-state index in [1.165, 1.54) is 5.56 Å². The quantitative estimate of drug-likeness (QED) is 0.640. The molecule has 1 saturated heterocycles. The van der Waals surface area contributed by atoms with Crippen LogP contribution in [0.1, 0.15) is 24.3 Å². The molecule has 0 aromatic heterocycles. The molecule has 3 rings (SSSR count). The van der Waals surface area contributed by atoms with Crippen molar-refractivity contribution in [2.45, 2.75) is 30.9 Å². The van der Waals surface area contributed by atoms with Crippen LogP contribution in [0, 0.1) is 0 Å². The van der Waals surface area contributed by atoms with Gasteiger partial charge in [-0.3, -0.25) is 11.3 Å². The molecule has 0 spiro atoms. The van der Waals surface area contributed by atoms with Crippen molar-refractivity contribution in [2.75, 3.05) is 26.4 Å². The van der Waals surface area contributed by atoms with Crippen molar-refractivity contribution in [3.8, 4) is 5.75 Å². The van der Waals surface area contributed by atoms with E-state index < -0.39 is 0 Å². The third-order valence-electron chi connectivity index (χ3n) is 4.13. The van der Waals surface area contributed by atoms with E-state index in [2.05, 4.69) is 17.6 Å². The average Bonchev–Trinajstić information content (AvgIpc) is 2.53. The Morgan fingerprint density at radius 2 is 2.15 bits per heavy atom. The molecule has 1 aromatic rings. The zero-order chi connectivity index (χ0) is 13.8. The van der Waals surface area contributed by atoms with Crippen molar-refractivity contribution >= 4 is 0 Å². The molecule has 0 aliphatic carbocycles. The first-order chi connectivity index (χ1) is 9.88. The highest BCUT2D eigenvalue weighted by Crippen LogP contribution is 2.36. The van der Waals surface area contributed by atoms with Crippen LogP contribution in [0.15, 0.2) is 24.3 Å². The van der Waals surface area contributed by atoms with Crippen LogP contribution in [-0.4, -0.2) is 38.6 Å². The van der Waals surface area contributed by atoms with Gasteiger partial charge in [0.1, 0.15) is 5.75 Å². The van der Waals surface area contributed by atoms with E-state index in [0.717, 1.165) is 25.2 Å². The highest BCUT2D eigenvalue weighted by Gasteiger charge is 2.30. The average molecular weight is 278 g/mol. The molecular formula is C15H22N2O3. The van der Waals surface area contributed by atoms with E-state index in [4.69, 9.17) is 20.1 Å². The lowest BCUT2D eigenvalue weighted by Gasteiger charge is -2.34. The lowest BCUT2D eigenvalue weighted by atomic mass is 9.86.